The minimum atomic E-state index is -1.14. The molecule has 5 nitrogen and oxygen atoms in total. The third kappa shape index (κ3) is 4.14. The minimum Gasteiger partial charge on any atom is -0.507 e. The van der Waals surface area contributed by atoms with E-state index in [1.54, 1.807) is 29.6 Å². The molecule has 1 atom stereocenters. The van der Waals surface area contributed by atoms with Crippen LogP contribution >= 0.6 is 11.3 Å². The first kappa shape index (κ1) is 22.7. The van der Waals surface area contributed by atoms with E-state index in [9.17, 15) is 23.5 Å². The Morgan fingerprint density at radius 2 is 1.85 bits per heavy atom. The number of ether oxygens (including phenoxy) is 1. The molecule has 0 radical (unpaired) electrons. The number of nitrogens with zero attached hydrogens (tertiary/aromatic N) is 1. The third-order valence-corrected chi connectivity index (χ3v) is 6.33. The summed E-state index contributed by atoms with van der Waals surface area (Å²) in [6, 6.07) is 10.4. The summed E-state index contributed by atoms with van der Waals surface area (Å²) in [5.41, 5.74) is 0.986. The fourth-order valence-electron chi connectivity index (χ4n) is 3.79. The molecule has 1 aliphatic rings. The van der Waals surface area contributed by atoms with Crippen LogP contribution in [0.2, 0.25) is 0 Å². The molecule has 1 N–H and O–H groups in total. The van der Waals surface area contributed by atoms with Gasteiger partial charge in [-0.05, 0) is 62.0 Å². The highest BCUT2D eigenvalue weighted by atomic mass is 32.1. The number of rotatable bonds is 5. The van der Waals surface area contributed by atoms with Gasteiger partial charge in [-0.2, -0.15) is 0 Å². The molecule has 2 aromatic carbocycles. The van der Waals surface area contributed by atoms with Crippen molar-refractivity contribution in [2.75, 3.05) is 4.90 Å². The van der Waals surface area contributed by atoms with E-state index in [1.165, 1.54) is 17.4 Å². The maximum Gasteiger partial charge on any atom is 0.300 e. The summed E-state index contributed by atoms with van der Waals surface area (Å²) < 4.78 is 33.2. The first-order valence-corrected chi connectivity index (χ1v) is 11.1. The summed E-state index contributed by atoms with van der Waals surface area (Å²) in [7, 11) is 0. The molecule has 170 valence electrons. The van der Waals surface area contributed by atoms with Crippen LogP contribution in [-0.2, 0) is 9.59 Å². The number of carbonyl (C=O) groups excluding carboxylic acids is 2. The van der Waals surface area contributed by atoms with Gasteiger partial charge in [-0.15, -0.1) is 11.3 Å². The molecule has 0 bridgehead atoms. The van der Waals surface area contributed by atoms with Gasteiger partial charge < -0.3 is 9.84 Å². The molecular formula is C25H21F2NO4S. The predicted molar refractivity (Wildman–Crippen MR) is 122 cm³/mol. The third-order valence-electron chi connectivity index (χ3n) is 5.26. The molecule has 1 aliphatic heterocycles. The topological polar surface area (TPSA) is 66.8 Å². The average Bonchev–Trinajstić information content (AvgIpc) is 3.30. The maximum absolute atomic E-state index is 14.0. The number of anilines is 1. The highest BCUT2D eigenvalue weighted by Crippen LogP contribution is 2.45. The quantitative estimate of drug-likeness (QED) is 0.294. The number of Topliss-reactive ketones (excluding diaryl/α,β-unsaturated/α-hetero) is 1. The van der Waals surface area contributed by atoms with Gasteiger partial charge in [-0.1, -0.05) is 12.1 Å². The fraction of sp³-hybridized carbons (Fsp3) is 0.200. The van der Waals surface area contributed by atoms with Crippen LogP contribution in [0.4, 0.5) is 14.5 Å². The van der Waals surface area contributed by atoms with Gasteiger partial charge in [0.15, 0.2) is 11.6 Å². The molecule has 1 fully saturated rings. The number of carbonyl (C=O) groups is 2. The largest absolute Gasteiger partial charge is 0.507 e. The maximum atomic E-state index is 14.0. The Kier molecular flexibility index (Phi) is 6.03. The molecule has 0 saturated carbocycles. The molecule has 8 heteroatoms. The zero-order valence-corrected chi connectivity index (χ0v) is 19.0. The van der Waals surface area contributed by atoms with E-state index in [0.29, 0.717) is 16.2 Å². The summed E-state index contributed by atoms with van der Waals surface area (Å²) in [6.45, 7) is 5.53. The number of ketones is 1. The Morgan fingerprint density at radius 1 is 1.09 bits per heavy atom. The molecule has 1 saturated heterocycles. The van der Waals surface area contributed by atoms with Crippen molar-refractivity contribution in [2.24, 2.45) is 0 Å². The Balaban J connectivity index is 1.91. The Bertz CT molecular complexity index is 1280. The van der Waals surface area contributed by atoms with Crippen molar-refractivity contribution in [3.63, 3.8) is 0 Å². The summed E-state index contributed by atoms with van der Waals surface area (Å²) in [6.07, 6.45) is -0.102. The van der Waals surface area contributed by atoms with Crippen LogP contribution in [0.25, 0.3) is 5.76 Å². The molecule has 4 rings (SSSR count). The van der Waals surface area contributed by atoms with Crippen molar-refractivity contribution in [3.8, 4) is 5.75 Å². The molecule has 0 aliphatic carbocycles. The lowest BCUT2D eigenvalue weighted by Gasteiger charge is -2.25. The first-order valence-electron chi connectivity index (χ1n) is 10.3. The van der Waals surface area contributed by atoms with Crippen molar-refractivity contribution in [1.82, 2.24) is 0 Å². The number of thiophene rings is 1. The van der Waals surface area contributed by atoms with E-state index >= 15 is 0 Å². The molecule has 1 amide bonds. The van der Waals surface area contributed by atoms with Gasteiger partial charge in [0.1, 0.15) is 17.6 Å². The number of hydrogen-bond acceptors (Lipinski definition) is 5. The van der Waals surface area contributed by atoms with Crippen molar-refractivity contribution in [1.29, 1.82) is 0 Å². The normalized spacial score (nSPS) is 17.8. The standard InChI is InChI=1S/C25H21F2NO4S/c1-13(2)32-17-6-4-5-15(11-17)22(29)20-21(24-14(3)9-10-33-24)28(25(31)23(20)30)16-7-8-18(26)19(27)12-16/h4-13,21,29H,1-3H3/b22-20-. The van der Waals surface area contributed by atoms with Gasteiger partial charge in [0, 0.05) is 22.2 Å². The van der Waals surface area contributed by atoms with Gasteiger partial charge in [0.05, 0.1) is 11.7 Å². The summed E-state index contributed by atoms with van der Waals surface area (Å²) in [4.78, 5) is 27.9. The van der Waals surface area contributed by atoms with E-state index in [1.807, 2.05) is 26.8 Å². The van der Waals surface area contributed by atoms with Crippen LogP contribution in [0, 0.1) is 18.6 Å². The smallest absolute Gasteiger partial charge is 0.300 e. The highest BCUT2D eigenvalue weighted by Gasteiger charge is 2.48. The van der Waals surface area contributed by atoms with Crippen molar-refractivity contribution < 1.29 is 28.2 Å². The van der Waals surface area contributed by atoms with E-state index in [2.05, 4.69) is 0 Å². The van der Waals surface area contributed by atoms with Gasteiger partial charge in [-0.25, -0.2) is 8.78 Å². The number of hydrogen-bond donors (Lipinski definition) is 1. The van der Waals surface area contributed by atoms with E-state index < -0.39 is 29.4 Å². The minimum absolute atomic E-state index is 0.0183. The van der Waals surface area contributed by atoms with Crippen molar-refractivity contribution >= 4 is 34.5 Å². The van der Waals surface area contributed by atoms with E-state index in [0.717, 1.165) is 22.6 Å². The van der Waals surface area contributed by atoms with Gasteiger partial charge in [0.25, 0.3) is 11.7 Å². The lowest BCUT2D eigenvalue weighted by molar-refractivity contribution is -0.132. The zero-order valence-electron chi connectivity index (χ0n) is 18.1. The molecular weight excluding hydrogens is 448 g/mol. The Labute approximate surface area is 193 Å². The Hall–Kier alpha value is -3.52. The SMILES string of the molecule is Cc1ccsc1C1/C(=C(/O)c2cccc(OC(C)C)c2)C(=O)C(=O)N1c1ccc(F)c(F)c1. The van der Waals surface area contributed by atoms with Crippen molar-refractivity contribution in [3.05, 3.63) is 87.1 Å². The van der Waals surface area contributed by atoms with E-state index in [4.69, 9.17) is 4.74 Å². The second kappa shape index (κ2) is 8.78. The highest BCUT2D eigenvalue weighted by molar-refractivity contribution is 7.10. The zero-order chi connectivity index (χ0) is 23.9. The second-order valence-electron chi connectivity index (χ2n) is 7.93. The van der Waals surface area contributed by atoms with Crippen LogP contribution < -0.4 is 9.64 Å². The summed E-state index contributed by atoms with van der Waals surface area (Å²) in [5.74, 6) is -3.94. The van der Waals surface area contributed by atoms with Crippen molar-refractivity contribution in [2.45, 2.75) is 32.9 Å². The van der Waals surface area contributed by atoms with Crippen LogP contribution in [0.3, 0.4) is 0 Å². The van der Waals surface area contributed by atoms with Crippen LogP contribution in [-0.4, -0.2) is 22.9 Å². The van der Waals surface area contributed by atoms with Crippen LogP contribution in [0.5, 0.6) is 5.75 Å². The number of aliphatic hydroxyl groups is 1. The van der Waals surface area contributed by atoms with Crippen LogP contribution in [0.15, 0.2) is 59.5 Å². The number of aliphatic hydroxyl groups excluding tert-OH is 1. The summed E-state index contributed by atoms with van der Waals surface area (Å²) in [5, 5.41) is 13.0. The monoisotopic (exact) mass is 469 g/mol. The molecule has 0 spiro atoms. The lowest BCUT2D eigenvalue weighted by Crippen LogP contribution is -2.29. The lowest BCUT2D eigenvalue weighted by atomic mass is 9.98. The fourth-order valence-corrected chi connectivity index (χ4v) is 4.82. The Morgan fingerprint density at radius 3 is 2.48 bits per heavy atom. The molecule has 3 aromatic rings. The summed E-state index contributed by atoms with van der Waals surface area (Å²) >= 11 is 1.30. The molecule has 1 aromatic heterocycles. The van der Waals surface area contributed by atoms with Gasteiger partial charge in [-0.3, -0.25) is 14.5 Å². The molecule has 2 heterocycles. The number of aryl methyl sites for hydroxylation is 1. The first-order chi connectivity index (χ1) is 15.7. The molecule has 33 heavy (non-hydrogen) atoms. The van der Waals surface area contributed by atoms with Gasteiger partial charge >= 0.3 is 0 Å². The number of halogens is 2. The van der Waals surface area contributed by atoms with Crippen LogP contribution in [0.1, 0.15) is 35.9 Å². The second-order valence-corrected chi connectivity index (χ2v) is 8.88. The van der Waals surface area contributed by atoms with E-state index in [-0.39, 0.29) is 23.1 Å². The predicted octanol–water partition coefficient (Wildman–Crippen LogP) is 5.75. The van der Waals surface area contributed by atoms with Gasteiger partial charge in [0.2, 0.25) is 0 Å². The number of amides is 1. The molecule has 1 unspecified atom stereocenters. The average molecular weight is 470 g/mol. The number of benzene rings is 2.